The first kappa shape index (κ1) is 17.1. The van der Waals surface area contributed by atoms with Crippen molar-refractivity contribution in [3.8, 4) is 0 Å². The lowest BCUT2D eigenvalue weighted by Gasteiger charge is -2.07. The van der Waals surface area contributed by atoms with Gasteiger partial charge in [-0.15, -0.1) is 0 Å². The molecule has 114 valence electrons. The molecule has 0 spiro atoms. The number of aliphatic hydroxyl groups is 1. The monoisotopic (exact) mass is 301 g/mol. The number of ether oxygens (including phenoxy) is 1. The average molecular weight is 301 g/mol. The first-order valence-electron chi connectivity index (χ1n) is 6.81. The van der Waals surface area contributed by atoms with E-state index in [1.54, 1.807) is 24.3 Å². The Kier molecular flexibility index (Phi) is 7.76. The van der Waals surface area contributed by atoms with Crippen LogP contribution in [0.4, 0.5) is 0 Å². The SMILES string of the molecule is CCCOCCCNS(=O)(=O)Cc1ccc(CO)cc1. The summed E-state index contributed by atoms with van der Waals surface area (Å²) < 4.78 is 31.5. The highest BCUT2D eigenvalue weighted by molar-refractivity contribution is 7.88. The molecule has 1 aromatic rings. The Balaban J connectivity index is 2.33. The van der Waals surface area contributed by atoms with E-state index in [-0.39, 0.29) is 12.4 Å². The third-order valence-electron chi connectivity index (χ3n) is 2.70. The van der Waals surface area contributed by atoms with Gasteiger partial charge in [-0.25, -0.2) is 13.1 Å². The van der Waals surface area contributed by atoms with E-state index in [9.17, 15) is 8.42 Å². The molecule has 6 heteroatoms. The Morgan fingerprint density at radius 1 is 1.15 bits per heavy atom. The summed E-state index contributed by atoms with van der Waals surface area (Å²) in [5, 5.41) is 8.92. The van der Waals surface area contributed by atoms with E-state index in [2.05, 4.69) is 4.72 Å². The Morgan fingerprint density at radius 2 is 1.80 bits per heavy atom. The number of benzene rings is 1. The van der Waals surface area contributed by atoms with Crippen LogP contribution < -0.4 is 4.72 Å². The zero-order valence-electron chi connectivity index (χ0n) is 11.8. The number of aliphatic hydroxyl groups excluding tert-OH is 1. The molecular weight excluding hydrogens is 278 g/mol. The van der Waals surface area contributed by atoms with E-state index in [1.807, 2.05) is 6.92 Å². The molecule has 0 unspecified atom stereocenters. The molecule has 2 N–H and O–H groups in total. The summed E-state index contributed by atoms with van der Waals surface area (Å²) >= 11 is 0. The normalized spacial score (nSPS) is 11.7. The van der Waals surface area contributed by atoms with Crippen molar-refractivity contribution >= 4 is 10.0 Å². The van der Waals surface area contributed by atoms with Crippen LogP contribution in [0, 0.1) is 0 Å². The molecule has 5 nitrogen and oxygen atoms in total. The van der Waals surface area contributed by atoms with Gasteiger partial charge in [-0.2, -0.15) is 0 Å². The van der Waals surface area contributed by atoms with Crippen molar-refractivity contribution in [2.75, 3.05) is 19.8 Å². The van der Waals surface area contributed by atoms with Crippen molar-refractivity contribution in [3.05, 3.63) is 35.4 Å². The molecule has 0 saturated heterocycles. The molecule has 0 amide bonds. The number of sulfonamides is 1. The van der Waals surface area contributed by atoms with Crippen LogP contribution in [0.1, 0.15) is 30.9 Å². The smallest absolute Gasteiger partial charge is 0.215 e. The minimum Gasteiger partial charge on any atom is -0.392 e. The number of rotatable bonds is 10. The van der Waals surface area contributed by atoms with Gasteiger partial charge in [0.1, 0.15) is 0 Å². The third kappa shape index (κ3) is 7.00. The summed E-state index contributed by atoms with van der Waals surface area (Å²) in [5.41, 5.74) is 1.48. The number of nitrogens with one attached hydrogen (secondary N) is 1. The zero-order chi connectivity index (χ0) is 14.8. The highest BCUT2D eigenvalue weighted by Crippen LogP contribution is 2.07. The van der Waals surface area contributed by atoms with Crippen molar-refractivity contribution in [3.63, 3.8) is 0 Å². The highest BCUT2D eigenvalue weighted by Gasteiger charge is 2.10. The summed E-state index contributed by atoms with van der Waals surface area (Å²) in [5.74, 6) is -0.0471. The van der Waals surface area contributed by atoms with Crippen LogP contribution in [0.5, 0.6) is 0 Å². The molecule has 1 rings (SSSR count). The second-order valence-corrected chi connectivity index (χ2v) is 6.40. The van der Waals surface area contributed by atoms with E-state index >= 15 is 0 Å². The fraction of sp³-hybridized carbons (Fsp3) is 0.571. The third-order valence-corrected chi connectivity index (χ3v) is 4.06. The molecule has 20 heavy (non-hydrogen) atoms. The van der Waals surface area contributed by atoms with Gasteiger partial charge in [-0.1, -0.05) is 31.2 Å². The molecule has 0 aliphatic rings. The largest absolute Gasteiger partial charge is 0.392 e. The number of hydrogen-bond donors (Lipinski definition) is 2. The van der Waals surface area contributed by atoms with E-state index in [0.717, 1.165) is 12.0 Å². The minimum atomic E-state index is -3.32. The Hall–Kier alpha value is -0.950. The van der Waals surface area contributed by atoms with Crippen LogP contribution in [0.15, 0.2) is 24.3 Å². The maximum atomic E-state index is 11.8. The molecule has 0 bridgehead atoms. The topological polar surface area (TPSA) is 75.6 Å². The van der Waals surface area contributed by atoms with Gasteiger partial charge in [0.2, 0.25) is 10.0 Å². The van der Waals surface area contributed by atoms with Gasteiger partial charge < -0.3 is 9.84 Å². The molecule has 0 saturated carbocycles. The maximum absolute atomic E-state index is 11.8. The lowest BCUT2D eigenvalue weighted by Crippen LogP contribution is -2.26. The predicted molar refractivity (Wildman–Crippen MR) is 78.7 cm³/mol. The molecule has 0 radical (unpaired) electrons. The lowest BCUT2D eigenvalue weighted by atomic mass is 10.2. The van der Waals surface area contributed by atoms with E-state index < -0.39 is 10.0 Å². The molecule has 0 aromatic heterocycles. The standard InChI is InChI=1S/C14H23NO4S/c1-2-9-19-10-3-8-15-20(17,18)12-14-6-4-13(11-16)5-7-14/h4-7,15-16H,2-3,8-12H2,1H3. The fourth-order valence-electron chi connectivity index (χ4n) is 1.66. The first-order valence-corrected chi connectivity index (χ1v) is 8.46. The summed E-state index contributed by atoms with van der Waals surface area (Å²) in [6, 6.07) is 6.89. The average Bonchev–Trinajstić information content (AvgIpc) is 2.43. The van der Waals surface area contributed by atoms with Gasteiger partial charge in [-0.3, -0.25) is 0 Å². The molecule has 1 aromatic carbocycles. The molecule has 0 aliphatic carbocycles. The van der Waals surface area contributed by atoms with Crippen molar-refractivity contribution in [1.82, 2.24) is 4.72 Å². The van der Waals surface area contributed by atoms with E-state index in [4.69, 9.17) is 9.84 Å². The van der Waals surface area contributed by atoms with Gasteiger partial charge >= 0.3 is 0 Å². The summed E-state index contributed by atoms with van der Waals surface area (Å²) in [7, 11) is -3.32. The molecule has 0 atom stereocenters. The van der Waals surface area contributed by atoms with Gasteiger partial charge in [0.15, 0.2) is 0 Å². The van der Waals surface area contributed by atoms with Crippen LogP contribution in [0.2, 0.25) is 0 Å². The highest BCUT2D eigenvalue weighted by atomic mass is 32.2. The van der Waals surface area contributed by atoms with Crippen molar-refractivity contribution in [2.24, 2.45) is 0 Å². The molecular formula is C14H23NO4S. The van der Waals surface area contributed by atoms with Crippen molar-refractivity contribution in [1.29, 1.82) is 0 Å². The molecule has 0 heterocycles. The van der Waals surface area contributed by atoms with Crippen LogP contribution >= 0.6 is 0 Å². The van der Waals surface area contributed by atoms with Gasteiger partial charge in [-0.05, 0) is 24.0 Å². The predicted octanol–water partition coefficient (Wildman–Crippen LogP) is 1.41. The van der Waals surface area contributed by atoms with Crippen LogP contribution in [0.25, 0.3) is 0 Å². The Morgan fingerprint density at radius 3 is 2.40 bits per heavy atom. The van der Waals surface area contributed by atoms with E-state index in [1.165, 1.54) is 0 Å². The summed E-state index contributed by atoms with van der Waals surface area (Å²) in [6.07, 6.45) is 1.64. The molecule has 0 aliphatic heterocycles. The quantitative estimate of drug-likeness (QED) is 0.641. The van der Waals surface area contributed by atoms with Gasteiger partial charge in [0.05, 0.1) is 12.4 Å². The van der Waals surface area contributed by atoms with Crippen LogP contribution in [-0.4, -0.2) is 33.3 Å². The van der Waals surface area contributed by atoms with Crippen molar-refractivity contribution in [2.45, 2.75) is 32.1 Å². The summed E-state index contributed by atoms with van der Waals surface area (Å²) in [4.78, 5) is 0. The van der Waals surface area contributed by atoms with Crippen LogP contribution in [-0.2, 0) is 27.1 Å². The zero-order valence-corrected chi connectivity index (χ0v) is 12.7. The number of hydrogen-bond acceptors (Lipinski definition) is 4. The van der Waals surface area contributed by atoms with E-state index in [0.29, 0.717) is 31.7 Å². The second kappa shape index (κ2) is 9.07. The first-order chi connectivity index (χ1) is 9.57. The van der Waals surface area contributed by atoms with Crippen molar-refractivity contribution < 1.29 is 18.3 Å². The lowest BCUT2D eigenvalue weighted by molar-refractivity contribution is 0.133. The van der Waals surface area contributed by atoms with Gasteiger partial charge in [0.25, 0.3) is 0 Å². The Bertz CT molecular complexity index is 470. The second-order valence-electron chi connectivity index (χ2n) is 4.59. The minimum absolute atomic E-state index is 0.0387. The Labute approximate surface area is 121 Å². The van der Waals surface area contributed by atoms with Crippen LogP contribution in [0.3, 0.4) is 0 Å². The maximum Gasteiger partial charge on any atom is 0.215 e. The fourth-order valence-corrected chi connectivity index (χ4v) is 2.85. The molecule has 0 fully saturated rings. The summed E-state index contributed by atoms with van der Waals surface area (Å²) in [6.45, 7) is 3.67. The van der Waals surface area contributed by atoms with Gasteiger partial charge in [0, 0.05) is 19.8 Å².